The molecule has 1 spiro atoms. The minimum atomic E-state index is -0.438. The number of piperidine rings is 1. The SMILES string of the molecule is O=C1C[C@@H](c2cccnc2)C2(CCN(c3ncc(F)cn3)CC2)N1. The molecule has 2 aliphatic heterocycles. The van der Waals surface area contributed by atoms with Gasteiger partial charge in [0.2, 0.25) is 11.9 Å². The zero-order chi connectivity index (χ0) is 16.6. The Kier molecular flexibility index (Phi) is 3.63. The Morgan fingerprint density at radius 2 is 1.96 bits per heavy atom. The highest BCUT2D eigenvalue weighted by molar-refractivity contribution is 5.81. The maximum Gasteiger partial charge on any atom is 0.225 e. The van der Waals surface area contributed by atoms with Crippen molar-refractivity contribution >= 4 is 11.9 Å². The van der Waals surface area contributed by atoms with Crippen molar-refractivity contribution in [1.82, 2.24) is 20.3 Å². The first-order valence-corrected chi connectivity index (χ1v) is 8.10. The lowest BCUT2D eigenvalue weighted by Gasteiger charge is -2.42. The minimum absolute atomic E-state index is 0.0929. The number of rotatable bonds is 2. The van der Waals surface area contributed by atoms with E-state index < -0.39 is 5.82 Å². The maximum absolute atomic E-state index is 13.0. The van der Waals surface area contributed by atoms with E-state index in [9.17, 15) is 9.18 Å². The number of nitrogens with one attached hydrogen (secondary N) is 1. The Hall–Kier alpha value is -2.57. The molecule has 7 heteroatoms. The molecule has 6 nitrogen and oxygen atoms in total. The molecule has 1 atom stereocenters. The van der Waals surface area contributed by atoms with Crippen LogP contribution in [-0.2, 0) is 4.79 Å². The Morgan fingerprint density at radius 1 is 1.21 bits per heavy atom. The van der Waals surface area contributed by atoms with Crippen molar-refractivity contribution in [3.63, 3.8) is 0 Å². The Labute approximate surface area is 139 Å². The second-order valence-electron chi connectivity index (χ2n) is 6.44. The normalized spacial score (nSPS) is 22.6. The molecule has 2 saturated heterocycles. The van der Waals surface area contributed by atoms with E-state index in [1.165, 1.54) is 12.4 Å². The molecule has 2 aromatic rings. The maximum atomic E-state index is 13.0. The molecule has 0 unspecified atom stereocenters. The predicted octanol–water partition coefficient (Wildman–Crippen LogP) is 1.65. The van der Waals surface area contributed by atoms with Gasteiger partial charge >= 0.3 is 0 Å². The number of aromatic nitrogens is 3. The van der Waals surface area contributed by atoms with E-state index >= 15 is 0 Å². The zero-order valence-corrected chi connectivity index (χ0v) is 13.2. The van der Waals surface area contributed by atoms with Gasteiger partial charge in [0.15, 0.2) is 5.82 Å². The van der Waals surface area contributed by atoms with Crippen LogP contribution in [0.5, 0.6) is 0 Å². The van der Waals surface area contributed by atoms with Crippen LogP contribution in [0.2, 0.25) is 0 Å². The van der Waals surface area contributed by atoms with Gasteiger partial charge in [-0.2, -0.15) is 0 Å². The second-order valence-corrected chi connectivity index (χ2v) is 6.44. The molecule has 24 heavy (non-hydrogen) atoms. The summed E-state index contributed by atoms with van der Waals surface area (Å²) in [6, 6.07) is 3.95. The summed E-state index contributed by atoms with van der Waals surface area (Å²) >= 11 is 0. The van der Waals surface area contributed by atoms with Crippen LogP contribution in [0, 0.1) is 5.82 Å². The first kappa shape index (κ1) is 15.0. The van der Waals surface area contributed by atoms with Crippen LogP contribution in [0.1, 0.15) is 30.7 Å². The summed E-state index contributed by atoms with van der Waals surface area (Å²) in [5, 5.41) is 3.20. The van der Waals surface area contributed by atoms with Crippen LogP contribution in [-0.4, -0.2) is 39.5 Å². The molecule has 0 bridgehead atoms. The van der Waals surface area contributed by atoms with Crippen molar-refractivity contribution in [1.29, 1.82) is 0 Å². The Balaban J connectivity index is 1.54. The van der Waals surface area contributed by atoms with Crippen LogP contribution in [0.3, 0.4) is 0 Å². The van der Waals surface area contributed by atoms with E-state index in [0.717, 1.165) is 31.5 Å². The summed E-state index contributed by atoms with van der Waals surface area (Å²) in [5.41, 5.74) is 0.860. The average Bonchev–Trinajstić information content (AvgIpc) is 2.93. The van der Waals surface area contributed by atoms with Crippen LogP contribution in [0.25, 0.3) is 0 Å². The number of carbonyl (C=O) groups excluding carboxylic acids is 1. The highest BCUT2D eigenvalue weighted by atomic mass is 19.1. The van der Waals surface area contributed by atoms with Gasteiger partial charge in [0.05, 0.1) is 17.9 Å². The summed E-state index contributed by atoms with van der Waals surface area (Å²) < 4.78 is 13.0. The number of halogens is 1. The highest BCUT2D eigenvalue weighted by Gasteiger charge is 2.48. The third kappa shape index (κ3) is 2.60. The number of amides is 1. The van der Waals surface area contributed by atoms with E-state index in [0.29, 0.717) is 12.4 Å². The van der Waals surface area contributed by atoms with Gasteiger partial charge < -0.3 is 10.2 Å². The Bertz CT molecular complexity index is 728. The van der Waals surface area contributed by atoms with E-state index in [1.54, 1.807) is 6.20 Å². The molecule has 0 aliphatic carbocycles. The molecule has 1 amide bonds. The van der Waals surface area contributed by atoms with E-state index in [2.05, 4.69) is 20.3 Å². The summed E-state index contributed by atoms with van der Waals surface area (Å²) in [4.78, 5) is 26.4. The standard InChI is InChI=1S/C17H18FN5O/c18-13-10-20-16(21-11-13)23-6-3-17(4-7-23)14(8-15(24)22-17)12-2-1-5-19-9-12/h1-2,5,9-11,14H,3-4,6-8H2,(H,22,24)/t14-/m0/s1. The topological polar surface area (TPSA) is 71.0 Å². The van der Waals surface area contributed by atoms with Gasteiger partial charge in [0.1, 0.15) is 0 Å². The largest absolute Gasteiger partial charge is 0.350 e. The van der Waals surface area contributed by atoms with Gasteiger partial charge in [0, 0.05) is 37.8 Å². The van der Waals surface area contributed by atoms with Crippen LogP contribution in [0.4, 0.5) is 10.3 Å². The van der Waals surface area contributed by atoms with Gasteiger partial charge in [-0.25, -0.2) is 14.4 Å². The van der Waals surface area contributed by atoms with Crippen molar-refractivity contribution in [3.8, 4) is 0 Å². The van der Waals surface area contributed by atoms with E-state index in [1.807, 2.05) is 23.2 Å². The molecule has 0 aromatic carbocycles. The number of hydrogen-bond acceptors (Lipinski definition) is 5. The van der Waals surface area contributed by atoms with Crippen molar-refractivity contribution < 1.29 is 9.18 Å². The zero-order valence-electron chi connectivity index (χ0n) is 13.2. The van der Waals surface area contributed by atoms with Gasteiger partial charge in [-0.3, -0.25) is 9.78 Å². The summed E-state index contributed by atoms with van der Waals surface area (Å²) in [6.45, 7) is 1.45. The van der Waals surface area contributed by atoms with E-state index in [-0.39, 0.29) is 17.4 Å². The molecule has 2 fully saturated rings. The first-order valence-electron chi connectivity index (χ1n) is 8.10. The number of hydrogen-bond donors (Lipinski definition) is 1. The van der Waals surface area contributed by atoms with Gasteiger partial charge in [0.25, 0.3) is 0 Å². The predicted molar refractivity (Wildman–Crippen MR) is 85.9 cm³/mol. The molecule has 124 valence electrons. The molecular weight excluding hydrogens is 309 g/mol. The van der Waals surface area contributed by atoms with Crippen molar-refractivity contribution in [2.75, 3.05) is 18.0 Å². The van der Waals surface area contributed by atoms with Crippen LogP contribution in [0.15, 0.2) is 36.9 Å². The molecule has 4 heterocycles. The number of anilines is 1. The third-order valence-corrected chi connectivity index (χ3v) is 5.08. The fourth-order valence-electron chi connectivity index (χ4n) is 3.86. The van der Waals surface area contributed by atoms with Gasteiger partial charge in [-0.05, 0) is 24.5 Å². The summed E-state index contributed by atoms with van der Waals surface area (Å²) in [7, 11) is 0. The van der Waals surface area contributed by atoms with Gasteiger partial charge in [-0.15, -0.1) is 0 Å². The van der Waals surface area contributed by atoms with Crippen molar-refractivity contribution in [3.05, 3.63) is 48.3 Å². The molecular formula is C17H18FN5O. The van der Waals surface area contributed by atoms with Crippen molar-refractivity contribution in [2.24, 2.45) is 0 Å². The number of carbonyl (C=O) groups is 1. The summed E-state index contributed by atoms with van der Waals surface area (Å²) in [5.74, 6) is 0.325. The Morgan fingerprint density at radius 3 is 2.62 bits per heavy atom. The third-order valence-electron chi connectivity index (χ3n) is 5.08. The lowest BCUT2D eigenvalue weighted by atomic mass is 9.75. The number of nitrogens with zero attached hydrogens (tertiary/aromatic N) is 4. The molecule has 0 radical (unpaired) electrons. The first-order chi connectivity index (χ1) is 11.7. The average molecular weight is 327 g/mol. The molecule has 1 N–H and O–H groups in total. The second kappa shape index (κ2) is 5.81. The quantitative estimate of drug-likeness (QED) is 0.908. The monoisotopic (exact) mass is 327 g/mol. The van der Waals surface area contributed by atoms with Crippen molar-refractivity contribution in [2.45, 2.75) is 30.7 Å². The molecule has 4 rings (SSSR count). The minimum Gasteiger partial charge on any atom is -0.350 e. The molecule has 2 aliphatic rings. The lowest BCUT2D eigenvalue weighted by molar-refractivity contribution is -0.119. The smallest absolute Gasteiger partial charge is 0.225 e. The molecule has 2 aromatic heterocycles. The number of pyridine rings is 1. The lowest BCUT2D eigenvalue weighted by Crippen LogP contribution is -2.53. The fourth-order valence-corrected chi connectivity index (χ4v) is 3.86. The highest BCUT2D eigenvalue weighted by Crippen LogP contribution is 2.43. The van der Waals surface area contributed by atoms with E-state index in [4.69, 9.17) is 0 Å². The fraction of sp³-hybridized carbons (Fsp3) is 0.412. The molecule has 0 saturated carbocycles. The summed E-state index contributed by atoms with van der Waals surface area (Å²) in [6.07, 6.45) is 8.07. The van der Waals surface area contributed by atoms with Gasteiger partial charge in [-0.1, -0.05) is 6.07 Å². The van der Waals surface area contributed by atoms with Crippen LogP contribution < -0.4 is 10.2 Å². The van der Waals surface area contributed by atoms with Crippen LogP contribution >= 0.6 is 0 Å².